The molecule has 0 amide bonds. The van der Waals surface area contributed by atoms with Crippen LogP contribution >= 0.6 is 0 Å². The van der Waals surface area contributed by atoms with Crippen molar-refractivity contribution in [2.24, 2.45) is 5.92 Å². The van der Waals surface area contributed by atoms with Crippen molar-refractivity contribution in [1.29, 1.82) is 0 Å². The van der Waals surface area contributed by atoms with Gasteiger partial charge in [-0.1, -0.05) is 26.0 Å². The number of rotatable bonds is 7. The molecule has 2 rings (SSSR count). The number of sulfonamides is 1. The molecule has 1 heterocycles. The number of hydrogen-bond acceptors (Lipinski definition) is 4. The highest BCUT2D eigenvalue weighted by atomic mass is 32.2. The highest BCUT2D eigenvalue weighted by Crippen LogP contribution is 2.20. The summed E-state index contributed by atoms with van der Waals surface area (Å²) in [5.74, 6) is 1.37. The number of hydrogen-bond donors (Lipinski definition) is 2. The zero-order valence-corrected chi connectivity index (χ0v) is 15.4. The zero-order valence-electron chi connectivity index (χ0n) is 14.6. The molecule has 0 saturated carbocycles. The van der Waals surface area contributed by atoms with Gasteiger partial charge in [0, 0.05) is 6.54 Å². The standard InChI is InChI=1S/C18H25N3O2S/c1-13(2)9-10-19-18-8-7-16(12-20-18)21-24(22,23)17-11-14(3)5-6-15(17)4/h5-8,11-13,21H,9-10H2,1-4H3,(H,19,20). The molecule has 24 heavy (non-hydrogen) atoms. The quantitative estimate of drug-likeness (QED) is 0.795. The van der Waals surface area contributed by atoms with Crippen LogP contribution in [-0.4, -0.2) is 19.9 Å². The largest absolute Gasteiger partial charge is 0.370 e. The summed E-state index contributed by atoms with van der Waals surface area (Å²) in [5.41, 5.74) is 2.07. The molecule has 0 fully saturated rings. The molecule has 0 aliphatic carbocycles. The lowest BCUT2D eigenvalue weighted by Gasteiger charge is -2.12. The average molecular weight is 347 g/mol. The minimum absolute atomic E-state index is 0.293. The average Bonchev–Trinajstić information content (AvgIpc) is 2.51. The van der Waals surface area contributed by atoms with Crippen LogP contribution in [0.2, 0.25) is 0 Å². The number of pyridine rings is 1. The lowest BCUT2D eigenvalue weighted by atomic mass is 10.1. The predicted octanol–water partition coefficient (Wildman–Crippen LogP) is 3.96. The lowest BCUT2D eigenvalue weighted by Crippen LogP contribution is -2.15. The van der Waals surface area contributed by atoms with E-state index in [1.54, 1.807) is 25.1 Å². The Morgan fingerprint density at radius 2 is 1.88 bits per heavy atom. The summed E-state index contributed by atoms with van der Waals surface area (Å²) in [6, 6.07) is 8.87. The third-order valence-electron chi connectivity index (χ3n) is 3.68. The second kappa shape index (κ2) is 7.66. The van der Waals surface area contributed by atoms with Crippen molar-refractivity contribution in [3.63, 3.8) is 0 Å². The molecule has 2 aromatic rings. The molecule has 6 heteroatoms. The van der Waals surface area contributed by atoms with Crippen LogP contribution in [0.3, 0.4) is 0 Å². The van der Waals surface area contributed by atoms with Crippen LogP contribution in [0.4, 0.5) is 11.5 Å². The van der Waals surface area contributed by atoms with E-state index in [1.807, 2.05) is 19.1 Å². The van der Waals surface area contributed by atoms with Crippen LogP contribution in [0.15, 0.2) is 41.4 Å². The molecule has 2 N–H and O–H groups in total. The van der Waals surface area contributed by atoms with E-state index in [2.05, 4.69) is 28.9 Å². The van der Waals surface area contributed by atoms with E-state index in [0.29, 0.717) is 22.1 Å². The topological polar surface area (TPSA) is 71.1 Å². The van der Waals surface area contributed by atoms with Crippen molar-refractivity contribution in [2.75, 3.05) is 16.6 Å². The summed E-state index contributed by atoms with van der Waals surface area (Å²) >= 11 is 0. The van der Waals surface area contributed by atoms with E-state index in [0.717, 1.165) is 24.3 Å². The maximum absolute atomic E-state index is 12.6. The van der Waals surface area contributed by atoms with Crippen molar-refractivity contribution in [3.8, 4) is 0 Å². The molecule has 5 nitrogen and oxygen atoms in total. The first-order chi connectivity index (χ1) is 11.3. The molecule has 0 unspecified atom stereocenters. The van der Waals surface area contributed by atoms with Gasteiger partial charge in [0.25, 0.3) is 10.0 Å². The van der Waals surface area contributed by atoms with Crippen molar-refractivity contribution < 1.29 is 8.42 Å². The number of anilines is 2. The van der Waals surface area contributed by atoms with Gasteiger partial charge in [0.05, 0.1) is 16.8 Å². The van der Waals surface area contributed by atoms with Crippen LogP contribution in [-0.2, 0) is 10.0 Å². The molecule has 1 aromatic heterocycles. The van der Waals surface area contributed by atoms with Crippen molar-refractivity contribution >= 4 is 21.5 Å². The summed E-state index contributed by atoms with van der Waals surface area (Å²) in [4.78, 5) is 4.55. The third kappa shape index (κ3) is 4.96. The first-order valence-electron chi connectivity index (χ1n) is 8.08. The maximum atomic E-state index is 12.6. The van der Waals surface area contributed by atoms with Gasteiger partial charge in [0.1, 0.15) is 5.82 Å². The normalized spacial score (nSPS) is 11.5. The monoisotopic (exact) mass is 347 g/mol. The smallest absolute Gasteiger partial charge is 0.262 e. The van der Waals surface area contributed by atoms with E-state index in [1.165, 1.54) is 6.20 Å². The second-order valence-corrected chi connectivity index (χ2v) is 8.07. The van der Waals surface area contributed by atoms with Crippen LogP contribution in [0.5, 0.6) is 0 Å². The molecule has 0 bridgehead atoms. The summed E-state index contributed by atoms with van der Waals surface area (Å²) in [6.07, 6.45) is 2.59. The fourth-order valence-corrected chi connectivity index (χ4v) is 3.63. The van der Waals surface area contributed by atoms with Gasteiger partial charge >= 0.3 is 0 Å². The number of aromatic nitrogens is 1. The Morgan fingerprint density at radius 1 is 1.12 bits per heavy atom. The van der Waals surface area contributed by atoms with Gasteiger partial charge in [0.15, 0.2) is 0 Å². The van der Waals surface area contributed by atoms with E-state index < -0.39 is 10.0 Å². The van der Waals surface area contributed by atoms with Gasteiger partial charge in [-0.15, -0.1) is 0 Å². The Bertz CT molecular complexity index is 784. The minimum atomic E-state index is -3.62. The van der Waals surface area contributed by atoms with Crippen LogP contribution in [0.25, 0.3) is 0 Å². The van der Waals surface area contributed by atoms with Crippen molar-refractivity contribution in [1.82, 2.24) is 4.98 Å². The number of benzene rings is 1. The lowest BCUT2D eigenvalue weighted by molar-refractivity contribution is 0.600. The van der Waals surface area contributed by atoms with Crippen LogP contribution in [0.1, 0.15) is 31.4 Å². The molecular formula is C18H25N3O2S. The van der Waals surface area contributed by atoms with Crippen LogP contribution in [0, 0.1) is 19.8 Å². The summed E-state index contributed by atoms with van der Waals surface area (Å²) in [5, 5.41) is 3.23. The van der Waals surface area contributed by atoms with E-state index >= 15 is 0 Å². The molecular weight excluding hydrogens is 322 g/mol. The first-order valence-corrected chi connectivity index (χ1v) is 9.56. The van der Waals surface area contributed by atoms with Gasteiger partial charge in [-0.25, -0.2) is 13.4 Å². The number of aryl methyl sites for hydroxylation is 2. The van der Waals surface area contributed by atoms with E-state index in [4.69, 9.17) is 0 Å². The van der Waals surface area contributed by atoms with Crippen molar-refractivity contribution in [2.45, 2.75) is 39.0 Å². The molecule has 0 aliphatic rings. The Morgan fingerprint density at radius 3 is 2.50 bits per heavy atom. The van der Waals surface area contributed by atoms with Gasteiger partial charge in [-0.3, -0.25) is 4.72 Å². The molecule has 1 aromatic carbocycles. The van der Waals surface area contributed by atoms with Gasteiger partial charge in [-0.2, -0.15) is 0 Å². The minimum Gasteiger partial charge on any atom is -0.370 e. The Hall–Kier alpha value is -2.08. The van der Waals surface area contributed by atoms with E-state index in [9.17, 15) is 8.42 Å². The SMILES string of the molecule is Cc1ccc(C)c(S(=O)(=O)Nc2ccc(NCCC(C)C)nc2)c1. The van der Waals surface area contributed by atoms with Crippen molar-refractivity contribution in [3.05, 3.63) is 47.7 Å². The van der Waals surface area contributed by atoms with E-state index in [-0.39, 0.29) is 0 Å². The molecule has 0 spiro atoms. The number of nitrogens with one attached hydrogen (secondary N) is 2. The van der Waals surface area contributed by atoms with Gasteiger partial charge < -0.3 is 5.32 Å². The first kappa shape index (κ1) is 18.3. The van der Waals surface area contributed by atoms with Gasteiger partial charge in [0.2, 0.25) is 0 Å². The highest BCUT2D eigenvalue weighted by molar-refractivity contribution is 7.92. The fraction of sp³-hybridized carbons (Fsp3) is 0.389. The molecule has 0 aliphatic heterocycles. The summed E-state index contributed by atoms with van der Waals surface area (Å²) < 4.78 is 27.7. The molecule has 0 saturated heterocycles. The van der Waals surface area contributed by atoms with Gasteiger partial charge in [-0.05, 0) is 55.5 Å². The molecule has 0 atom stereocenters. The Balaban J connectivity index is 2.08. The van der Waals surface area contributed by atoms with Crippen LogP contribution < -0.4 is 10.0 Å². The highest BCUT2D eigenvalue weighted by Gasteiger charge is 2.17. The third-order valence-corrected chi connectivity index (χ3v) is 5.20. The number of nitrogens with zero attached hydrogens (tertiary/aromatic N) is 1. The zero-order chi connectivity index (χ0) is 17.7. The molecule has 0 radical (unpaired) electrons. The molecule has 130 valence electrons. The predicted molar refractivity (Wildman–Crippen MR) is 98.9 cm³/mol. The summed E-state index contributed by atoms with van der Waals surface area (Å²) in [7, 11) is -3.62. The second-order valence-electron chi connectivity index (χ2n) is 6.42. The Labute approximate surface area is 144 Å². The Kier molecular flexibility index (Phi) is 5.83. The maximum Gasteiger partial charge on any atom is 0.262 e. The fourth-order valence-electron chi connectivity index (χ4n) is 2.25. The summed E-state index contributed by atoms with van der Waals surface area (Å²) in [6.45, 7) is 8.84.